The van der Waals surface area contributed by atoms with Crippen molar-refractivity contribution in [2.45, 2.75) is 31.4 Å². The van der Waals surface area contributed by atoms with Crippen molar-refractivity contribution in [3.63, 3.8) is 0 Å². The van der Waals surface area contributed by atoms with E-state index in [-0.39, 0.29) is 20.8 Å². The van der Waals surface area contributed by atoms with Gasteiger partial charge in [0.1, 0.15) is 4.21 Å². The summed E-state index contributed by atoms with van der Waals surface area (Å²) in [5.41, 5.74) is -0.201. The number of hydrogen-bond acceptors (Lipinski definition) is 6. The monoisotopic (exact) mass is 321 g/mol. The van der Waals surface area contributed by atoms with Gasteiger partial charge in [-0.1, -0.05) is 32.1 Å². The van der Waals surface area contributed by atoms with Gasteiger partial charge in [0.15, 0.2) is 5.00 Å². The molecule has 0 saturated carbocycles. The van der Waals surface area contributed by atoms with Crippen molar-refractivity contribution in [3.8, 4) is 0 Å². The maximum Gasteiger partial charge on any atom is 0.304 e. The Bertz CT molecular complexity index is 566. The lowest BCUT2D eigenvalue weighted by molar-refractivity contribution is -0.383. The van der Waals surface area contributed by atoms with Gasteiger partial charge in [0, 0.05) is 19.2 Å². The zero-order valence-electron chi connectivity index (χ0n) is 11.7. The minimum atomic E-state index is -3.69. The maximum atomic E-state index is 12.0. The second kappa shape index (κ2) is 7.00. The molecule has 0 aromatic carbocycles. The SMILES string of the molecule is CCCNc1sc(S(=O)(=O)NCC(C)C)cc1[N+](=O)[O-]. The number of nitrogens with zero attached hydrogens (tertiary/aromatic N) is 1. The predicted octanol–water partition coefficient (Wildman–Crippen LogP) is 2.41. The van der Waals surface area contributed by atoms with Gasteiger partial charge in [-0.2, -0.15) is 0 Å². The number of thiophene rings is 1. The lowest BCUT2D eigenvalue weighted by Gasteiger charge is -2.06. The van der Waals surface area contributed by atoms with E-state index in [2.05, 4.69) is 10.0 Å². The molecule has 0 amide bonds. The first-order chi connectivity index (χ1) is 9.27. The van der Waals surface area contributed by atoms with Crippen LogP contribution < -0.4 is 10.0 Å². The highest BCUT2D eigenvalue weighted by Crippen LogP contribution is 2.36. The van der Waals surface area contributed by atoms with Gasteiger partial charge in [-0.3, -0.25) is 10.1 Å². The quantitative estimate of drug-likeness (QED) is 0.565. The first kappa shape index (κ1) is 16.9. The van der Waals surface area contributed by atoms with Crippen molar-refractivity contribution in [2.24, 2.45) is 5.92 Å². The summed E-state index contributed by atoms with van der Waals surface area (Å²) in [6.07, 6.45) is 0.794. The largest absolute Gasteiger partial charge is 0.371 e. The molecule has 0 unspecified atom stereocenters. The van der Waals surface area contributed by atoms with E-state index in [4.69, 9.17) is 0 Å². The van der Waals surface area contributed by atoms with Crippen molar-refractivity contribution in [3.05, 3.63) is 16.2 Å². The van der Waals surface area contributed by atoms with E-state index in [1.54, 1.807) is 0 Å². The van der Waals surface area contributed by atoms with Gasteiger partial charge in [-0.05, 0) is 12.3 Å². The Morgan fingerprint density at radius 2 is 2.10 bits per heavy atom. The van der Waals surface area contributed by atoms with E-state index in [1.165, 1.54) is 0 Å². The third-order valence-electron chi connectivity index (χ3n) is 2.37. The molecule has 0 atom stereocenters. The normalized spacial score (nSPS) is 11.8. The topological polar surface area (TPSA) is 101 Å². The summed E-state index contributed by atoms with van der Waals surface area (Å²) in [6.45, 7) is 6.54. The first-order valence-electron chi connectivity index (χ1n) is 6.29. The lowest BCUT2D eigenvalue weighted by atomic mass is 10.2. The molecule has 7 nitrogen and oxygen atoms in total. The van der Waals surface area contributed by atoms with Gasteiger partial charge in [-0.15, -0.1) is 0 Å². The summed E-state index contributed by atoms with van der Waals surface area (Å²) in [6, 6.07) is 1.10. The summed E-state index contributed by atoms with van der Waals surface area (Å²) >= 11 is 0.883. The number of sulfonamides is 1. The minimum absolute atomic E-state index is 0.0385. The third kappa shape index (κ3) is 4.43. The van der Waals surface area contributed by atoms with E-state index in [0.717, 1.165) is 23.8 Å². The van der Waals surface area contributed by atoms with E-state index in [1.807, 2.05) is 20.8 Å². The maximum absolute atomic E-state index is 12.0. The standard InChI is InChI=1S/C11H19N3O4S2/c1-4-5-12-11-9(14(15)16)6-10(19-11)20(17,18)13-7-8(2)3/h6,8,12-13H,4-5,7H2,1-3H3. The summed E-state index contributed by atoms with van der Waals surface area (Å²) in [5, 5.41) is 14.1. The van der Waals surface area contributed by atoms with Gasteiger partial charge < -0.3 is 5.32 Å². The molecule has 0 spiro atoms. The van der Waals surface area contributed by atoms with Crippen LogP contribution in [0.3, 0.4) is 0 Å². The fourth-order valence-electron chi connectivity index (χ4n) is 1.34. The average Bonchev–Trinajstić information content (AvgIpc) is 2.79. The summed E-state index contributed by atoms with van der Waals surface area (Å²) in [7, 11) is -3.69. The van der Waals surface area contributed by atoms with Gasteiger partial charge in [0.25, 0.3) is 0 Å². The fourth-order valence-corrected chi connectivity index (χ4v) is 3.95. The van der Waals surface area contributed by atoms with Crippen molar-refractivity contribution >= 4 is 32.0 Å². The molecule has 0 fully saturated rings. The van der Waals surface area contributed by atoms with Gasteiger partial charge in [0.2, 0.25) is 10.0 Å². The van der Waals surface area contributed by atoms with Gasteiger partial charge in [-0.25, -0.2) is 13.1 Å². The predicted molar refractivity (Wildman–Crippen MR) is 79.8 cm³/mol. The molecule has 1 aromatic rings. The molecular weight excluding hydrogens is 302 g/mol. The number of nitro groups is 1. The molecule has 1 aromatic heterocycles. The Balaban J connectivity index is 3.04. The van der Waals surface area contributed by atoms with Crippen LogP contribution in [0.5, 0.6) is 0 Å². The van der Waals surface area contributed by atoms with Gasteiger partial charge in [0.05, 0.1) is 4.92 Å². The van der Waals surface area contributed by atoms with E-state index in [0.29, 0.717) is 13.1 Å². The molecule has 0 aliphatic carbocycles. The summed E-state index contributed by atoms with van der Waals surface area (Å²) < 4.78 is 26.5. The van der Waals surface area contributed by atoms with E-state index >= 15 is 0 Å². The number of anilines is 1. The highest BCUT2D eigenvalue weighted by atomic mass is 32.2. The third-order valence-corrected chi connectivity index (χ3v) is 5.35. The fraction of sp³-hybridized carbons (Fsp3) is 0.636. The van der Waals surface area contributed by atoms with Gasteiger partial charge >= 0.3 is 5.69 Å². The highest BCUT2D eigenvalue weighted by molar-refractivity contribution is 7.91. The van der Waals surface area contributed by atoms with E-state index < -0.39 is 14.9 Å². The van der Waals surface area contributed by atoms with Crippen molar-refractivity contribution in [2.75, 3.05) is 18.4 Å². The smallest absolute Gasteiger partial charge is 0.304 e. The number of rotatable bonds is 8. The second-order valence-electron chi connectivity index (χ2n) is 4.71. The molecule has 2 N–H and O–H groups in total. The zero-order valence-corrected chi connectivity index (χ0v) is 13.3. The lowest BCUT2D eigenvalue weighted by Crippen LogP contribution is -2.26. The Hall–Kier alpha value is -1.19. The van der Waals surface area contributed by atoms with Crippen LogP contribution in [-0.4, -0.2) is 26.4 Å². The molecule has 0 radical (unpaired) electrons. The Kier molecular flexibility index (Phi) is 5.90. The molecule has 9 heteroatoms. The molecule has 0 aliphatic rings. The molecule has 1 heterocycles. The molecule has 114 valence electrons. The minimum Gasteiger partial charge on any atom is -0.371 e. The van der Waals surface area contributed by atoms with Crippen LogP contribution in [-0.2, 0) is 10.0 Å². The molecule has 0 saturated heterocycles. The summed E-state index contributed by atoms with van der Waals surface area (Å²) in [5.74, 6) is 0.164. The molecule has 1 rings (SSSR count). The Morgan fingerprint density at radius 1 is 1.45 bits per heavy atom. The number of nitrogens with one attached hydrogen (secondary N) is 2. The average molecular weight is 321 g/mol. The first-order valence-corrected chi connectivity index (χ1v) is 8.59. The molecule has 0 aliphatic heterocycles. The number of hydrogen-bond donors (Lipinski definition) is 2. The van der Waals surface area contributed by atoms with Crippen LogP contribution in [0.1, 0.15) is 27.2 Å². The van der Waals surface area contributed by atoms with Crippen molar-refractivity contribution in [1.82, 2.24) is 4.72 Å². The van der Waals surface area contributed by atoms with Crippen molar-refractivity contribution < 1.29 is 13.3 Å². The molecule has 20 heavy (non-hydrogen) atoms. The van der Waals surface area contributed by atoms with E-state index in [9.17, 15) is 18.5 Å². The van der Waals surface area contributed by atoms with Crippen LogP contribution >= 0.6 is 11.3 Å². The van der Waals surface area contributed by atoms with Crippen LogP contribution in [0.15, 0.2) is 10.3 Å². The Labute approximate surface area is 122 Å². The van der Waals surface area contributed by atoms with Crippen LogP contribution in [0.25, 0.3) is 0 Å². The van der Waals surface area contributed by atoms with Crippen LogP contribution in [0.4, 0.5) is 10.7 Å². The highest BCUT2D eigenvalue weighted by Gasteiger charge is 2.25. The van der Waals surface area contributed by atoms with Crippen molar-refractivity contribution in [1.29, 1.82) is 0 Å². The summed E-state index contributed by atoms with van der Waals surface area (Å²) in [4.78, 5) is 10.4. The molecule has 0 bridgehead atoms. The zero-order chi connectivity index (χ0) is 15.3. The van der Waals surface area contributed by atoms with Crippen LogP contribution in [0.2, 0.25) is 0 Å². The second-order valence-corrected chi connectivity index (χ2v) is 7.76. The molecular formula is C11H19N3O4S2. The Morgan fingerprint density at radius 3 is 2.60 bits per heavy atom. The van der Waals surface area contributed by atoms with Crippen LogP contribution in [0, 0.1) is 16.0 Å².